The van der Waals surface area contributed by atoms with E-state index in [1.54, 1.807) is 0 Å². The molecule has 0 aliphatic carbocycles. The second-order valence-corrected chi connectivity index (χ2v) is 20.5. The Hall–Kier alpha value is -7.62. The van der Waals surface area contributed by atoms with Crippen molar-refractivity contribution in [2.45, 2.75) is 66.2 Å². The lowest BCUT2D eigenvalue weighted by Gasteiger charge is -2.28. The summed E-state index contributed by atoms with van der Waals surface area (Å²) in [6.45, 7) is 18.0. The fourth-order valence-electron chi connectivity index (χ4n) is 10.1. The van der Waals surface area contributed by atoms with Gasteiger partial charge < -0.3 is 14.4 Å². The molecule has 11 rings (SSSR count). The van der Waals surface area contributed by atoms with Gasteiger partial charge in [0.25, 0.3) is 0 Å². The molecule has 0 aliphatic heterocycles. The van der Waals surface area contributed by atoms with Crippen LogP contribution in [0.4, 0.5) is 34.1 Å². The van der Waals surface area contributed by atoms with Gasteiger partial charge in [0.15, 0.2) is 0 Å². The number of benzene rings is 10. The molecule has 0 saturated carbocycles. The summed E-state index contributed by atoms with van der Waals surface area (Å²) in [5, 5.41) is 9.74. The standard InChI is InChI=1S/C64H57N3/c1-42-21-30-48(31-22-42)65(50-35-26-46(27-36-50)63(3,4)5)57-40-59-61(55-19-13-11-17-53(55)57)62-56-20-14-12-18-54(56)58(41-60(62)67(59)52-34-25-44-15-9-10-16-45(44)39-52)66(49-32-23-43(2)24-33-49)51-37-28-47(29-38-51)64(6,7)8/h9-41H,1-8H3. The number of aromatic nitrogens is 1. The summed E-state index contributed by atoms with van der Waals surface area (Å²) in [5.41, 5.74) is 15.3. The third-order valence-electron chi connectivity index (χ3n) is 13.8. The van der Waals surface area contributed by atoms with E-state index < -0.39 is 0 Å². The minimum Gasteiger partial charge on any atom is -0.310 e. The van der Waals surface area contributed by atoms with Crippen LogP contribution in [0.2, 0.25) is 0 Å². The van der Waals surface area contributed by atoms with Gasteiger partial charge in [-0.25, -0.2) is 0 Å². The molecule has 0 amide bonds. The molecule has 0 radical (unpaired) electrons. The van der Waals surface area contributed by atoms with Crippen LogP contribution < -0.4 is 9.80 Å². The van der Waals surface area contributed by atoms with Gasteiger partial charge in [-0.1, -0.05) is 180 Å². The molecule has 0 saturated heterocycles. The number of rotatable bonds is 7. The van der Waals surface area contributed by atoms with E-state index in [4.69, 9.17) is 0 Å². The van der Waals surface area contributed by atoms with Gasteiger partial charge in [0, 0.05) is 50.0 Å². The molecule has 1 aromatic heterocycles. The SMILES string of the molecule is Cc1ccc(N(c2ccc(C(C)(C)C)cc2)c2cc3c(c4ccccc24)c2c4ccccc4c(N(c4ccc(C)cc4)c4ccc(C(C)(C)C)cc4)cc2n3-c2ccc3ccccc3c2)cc1. The van der Waals surface area contributed by atoms with Crippen LogP contribution >= 0.6 is 0 Å². The van der Waals surface area contributed by atoms with Crippen LogP contribution in [-0.2, 0) is 10.8 Å². The Morgan fingerprint density at radius 3 is 1.10 bits per heavy atom. The molecule has 0 fully saturated rings. The fraction of sp³-hybridized carbons (Fsp3) is 0.156. The highest BCUT2D eigenvalue weighted by molar-refractivity contribution is 6.32. The monoisotopic (exact) mass is 867 g/mol. The Morgan fingerprint density at radius 2 is 0.701 bits per heavy atom. The van der Waals surface area contributed by atoms with E-state index in [0.717, 1.165) is 50.8 Å². The van der Waals surface area contributed by atoms with E-state index >= 15 is 0 Å². The first kappa shape index (κ1) is 42.0. The van der Waals surface area contributed by atoms with Crippen LogP contribution in [-0.4, -0.2) is 4.57 Å². The third kappa shape index (κ3) is 7.40. The second kappa shape index (κ2) is 16.1. The Morgan fingerprint density at radius 1 is 0.343 bits per heavy atom. The minimum absolute atomic E-state index is 0.0339. The van der Waals surface area contributed by atoms with Crippen molar-refractivity contribution in [1.82, 2.24) is 4.57 Å². The smallest absolute Gasteiger partial charge is 0.0568 e. The largest absolute Gasteiger partial charge is 0.310 e. The molecule has 0 N–H and O–H groups in total. The van der Waals surface area contributed by atoms with Crippen LogP contribution in [0.25, 0.3) is 59.8 Å². The van der Waals surface area contributed by atoms with Crippen LogP contribution in [0.3, 0.4) is 0 Å². The molecule has 0 aliphatic rings. The van der Waals surface area contributed by atoms with Crippen molar-refractivity contribution in [3.63, 3.8) is 0 Å². The van der Waals surface area contributed by atoms with Crippen molar-refractivity contribution in [2.75, 3.05) is 9.80 Å². The summed E-state index contributed by atoms with van der Waals surface area (Å²) >= 11 is 0. The van der Waals surface area contributed by atoms with E-state index in [0.29, 0.717) is 0 Å². The molecule has 3 heteroatoms. The van der Waals surface area contributed by atoms with Crippen LogP contribution in [0.1, 0.15) is 63.8 Å². The lowest BCUT2D eigenvalue weighted by molar-refractivity contribution is 0.590. The van der Waals surface area contributed by atoms with E-state index in [2.05, 4.69) is 270 Å². The second-order valence-electron chi connectivity index (χ2n) is 20.5. The zero-order valence-electron chi connectivity index (χ0n) is 39.9. The minimum atomic E-state index is 0.0339. The fourth-order valence-corrected chi connectivity index (χ4v) is 10.1. The predicted octanol–water partition coefficient (Wildman–Crippen LogP) is 18.4. The van der Waals surface area contributed by atoms with E-state index in [1.807, 2.05) is 0 Å². The van der Waals surface area contributed by atoms with Gasteiger partial charge in [0.1, 0.15) is 0 Å². The van der Waals surface area contributed by atoms with E-state index in [1.165, 1.54) is 65.3 Å². The maximum atomic E-state index is 2.54. The highest BCUT2D eigenvalue weighted by Gasteiger charge is 2.27. The molecule has 3 nitrogen and oxygen atoms in total. The summed E-state index contributed by atoms with van der Waals surface area (Å²) in [6, 6.07) is 75.0. The predicted molar refractivity (Wildman–Crippen MR) is 290 cm³/mol. The lowest BCUT2D eigenvalue weighted by atomic mass is 9.87. The Kier molecular flexibility index (Phi) is 10.1. The highest BCUT2D eigenvalue weighted by Crippen LogP contribution is 2.50. The summed E-state index contributed by atoms with van der Waals surface area (Å²) < 4.78 is 2.54. The van der Waals surface area contributed by atoms with Crippen molar-refractivity contribution in [1.29, 1.82) is 0 Å². The van der Waals surface area contributed by atoms with Crippen molar-refractivity contribution in [3.05, 3.63) is 222 Å². The number of hydrogen-bond acceptors (Lipinski definition) is 2. The lowest BCUT2D eigenvalue weighted by Crippen LogP contribution is -2.13. The van der Waals surface area contributed by atoms with Crippen molar-refractivity contribution >= 4 is 88.2 Å². The van der Waals surface area contributed by atoms with Crippen LogP contribution in [0.15, 0.2) is 200 Å². The normalized spacial score (nSPS) is 12.2. The molecule has 0 atom stereocenters. The average Bonchev–Trinajstić information content (AvgIpc) is 3.67. The number of nitrogens with zero attached hydrogens (tertiary/aromatic N) is 3. The molecular weight excluding hydrogens is 811 g/mol. The first-order valence-electron chi connectivity index (χ1n) is 23.7. The number of aryl methyl sites for hydroxylation is 2. The zero-order valence-corrected chi connectivity index (χ0v) is 39.9. The van der Waals surface area contributed by atoms with Gasteiger partial charge in [-0.05, 0) is 130 Å². The van der Waals surface area contributed by atoms with Gasteiger partial charge in [-0.15, -0.1) is 0 Å². The summed E-state index contributed by atoms with van der Waals surface area (Å²) in [7, 11) is 0. The molecule has 11 aromatic rings. The first-order chi connectivity index (χ1) is 32.3. The number of fused-ring (bicyclic) bond motifs is 8. The van der Waals surface area contributed by atoms with Gasteiger partial charge in [-0.3, -0.25) is 0 Å². The summed E-state index contributed by atoms with van der Waals surface area (Å²) in [4.78, 5) is 4.92. The molecule has 0 unspecified atom stereocenters. The Labute approximate surface area is 395 Å². The van der Waals surface area contributed by atoms with Crippen molar-refractivity contribution in [2.24, 2.45) is 0 Å². The van der Waals surface area contributed by atoms with Crippen LogP contribution in [0.5, 0.6) is 0 Å². The molecule has 67 heavy (non-hydrogen) atoms. The Balaban J connectivity index is 1.28. The van der Waals surface area contributed by atoms with Crippen LogP contribution in [0, 0.1) is 13.8 Å². The average molecular weight is 868 g/mol. The zero-order chi connectivity index (χ0) is 46.2. The van der Waals surface area contributed by atoms with E-state index in [9.17, 15) is 0 Å². The van der Waals surface area contributed by atoms with E-state index in [-0.39, 0.29) is 10.8 Å². The molecule has 328 valence electrons. The van der Waals surface area contributed by atoms with Gasteiger partial charge in [0.05, 0.1) is 22.4 Å². The number of anilines is 6. The molecule has 1 heterocycles. The maximum absolute atomic E-state index is 2.54. The Bertz CT molecular complexity index is 3430. The van der Waals surface area contributed by atoms with Gasteiger partial charge in [0.2, 0.25) is 0 Å². The molecule has 10 aromatic carbocycles. The molecular formula is C64H57N3. The summed E-state index contributed by atoms with van der Waals surface area (Å²) in [5.74, 6) is 0. The van der Waals surface area contributed by atoms with Gasteiger partial charge >= 0.3 is 0 Å². The molecule has 0 spiro atoms. The van der Waals surface area contributed by atoms with Crippen molar-refractivity contribution < 1.29 is 0 Å². The quantitative estimate of drug-likeness (QED) is 0.158. The maximum Gasteiger partial charge on any atom is 0.0568 e. The van der Waals surface area contributed by atoms with Crippen molar-refractivity contribution in [3.8, 4) is 5.69 Å². The van der Waals surface area contributed by atoms with Gasteiger partial charge in [-0.2, -0.15) is 0 Å². The highest BCUT2D eigenvalue weighted by atomic mass is 15.2. The number of hydrogen-bond donors (Lipinski definition) is 0. The molecule has 0 bridgehead atoms. The third-order valence-corrected chi connectivity index (χ3v) is 13.8. The first-order valence-corrected chi connectivity index (χ1v) is 23.7. The topological polar surface area (TPSA) is 11.4 Å². The summed E-state index contributed by atoms with van der Waals surface area (Å²) in [6.07, 6.45) is 0.